The fourth-order valence-corrected chi connectivity index (χ4v) is 4.91. The van der Waals surface area contributed by atoms with Crippen molar-refractivity contribution in [2.45, 2.75) is 57.3 Å². The van der Waals surface area contributed by atoms with Gasteiger partial charge in [-0.25, -0.2) is 15.8 Å². The monoisotopic (exact) mass is 288 g/mol. The molecule has 0 bridgehead atoms. The molecule has 0 aromatic carbocycles. The highest BCUT2D eigenvalue weighted by Gasteiger charge is 2.25. The highest BCUT2D eigenvalue weighted by Crippen LogP contribution is 2.40. The summed E-state index contributed by atoms with van der Waals surface area (Å²) in [7, 11) is 0. The van der Waals surface area contributed by atoms with Gasteiger partial charge in [-0.15, -0.1) is 11.3 Å². The molecule has 20 heavy (non-hydrogen) atoms. The molecule has 2 aliphatic carbocycles. The van der Waals surface area contributed by atoms with Crippen molar-refractivity contribution in [3.8, 4) is 0 Å². The maximum Gasteiger partial charge on any atom is 0.152 e. The first-order chi connectivity index (χ1) is 9.86. The summed E-state index contributed by atoms with van der Waals surface area (Å²) in [5.74, 6) is 8.12. The lowest BCUT2D eigenvalue weighted by Crippen LogP contribution is -2.12. The van der Waals surface area contributed by atoms with E-state index in [1.54, 1.807) is 0 Å². The first-order valence-electron chi connectivity index (χ1n) is 7.65. The molecule has 0 atom stereocenters. The summed E-state index contributed by atoms with van der Waals surface area (Å²) in [6, 6.07) is 0. The van der Waals surface area contributed by atoms with E-state index in [0.29, 0.717) is 5.92 Å². The smallest absolute Gasteiger partial charge is 0.152 e. The Labute approximate surface area is 122 Å². The molecule has 0 unspecified atom stereocenters. The summed E-state index contributed by atoms with van der Waals surface area (Å²) in [5, 5.41) is 1.19. The minimum Gasteiger partial charge on any atom is -0.308 e. The molecule has 0 saturated heterocycles. The van der Waals surface area contributed by atoms with Gasteiger partial charge in [-0.05, 0) is 44.1 Å². The maximum atomic E-state index is 5.74. The molecular formula is C15H20N4S. The third-order valence-corrected chi connectivity index (χ3v) is 5.87. The van der Waals surface area contributed by atoms with Crippen LogP contribution in [0, 0.1) is 0 Å². The first-order valence-corrected chi connectivity index (χ1v) is 8.47. The van der Waals surface area contributed by atoms with Crippen LogP contribution in [0.4, 0.5) is 5.82 Å². The van der Waals surface area contributed by atoms with Gasteiger partial charge < -0.3 is 5.43 Å². The van der Waals surface area contributed by atoms with Crippen molar-refractivity contribution in [3.63, 3.8) is 0 Å². The number of nitrogen functional groups attached to an aromatic ring is 1. The van der Waals surface area contributed by atoms with E-state index in [-0.39, 0.29) is 0 Å². The summed E-state index contributed by atoms with van der Waals surface area (Å²) >= 11 is 1.86. The van der Waals surface area contributed by atoms with Crippen LogP contribution in [-0.2, 0) is 12.8 Å². The van der Waals surface area contributed by atoms with Crippen LogP contribution in [0.1, 0.15) is 60.7 Å². The van der Waals surface area contributed by atoms with Crippen LogP contribution >= 0.6 is 11.3 Å². The number of fused-ring (bicyclic) bond motifs is 3. The van der Waals surface area contributed by atoms with Crippen LogP contribution in [0.15, 0.2) is 0 Å². The molecule has 1 fully saturated rings. The number of nitrogens with one attached hydrogen (secondary N) is 1. The third kappa shape index (κ3) is 1.91. The van der Waals surface area contributed by atoms with Crippen LogP contribution in [-0.4, -0.2) is 9.97 Å². The second-order valence-corrected chi connectivity index (χ2v) is 7.03. The number of hydrazine groups is 1. The molecule has 2 aromatic heterocycles. The summed E-state index contributed by atoms with van der Waals surface area (Å²) in [6.07, 6.45) is 9.97. The van der Waals surface area contributed by atoms with Gasteiger partial charge in [0.05, 0.1) is 5.39 Å². The van der Waals surface area contributed by atoms with Gasteiger partial charge in [0.1, 0.15) is 10.7 Å². The fourth-order valence-electron chi connectivity index (χ4n) is 3.64. The SMILES string of the molecule is NNc1nc(C2CCCC2)nc2sc3c(c12)CCCC3. The Morgan fingerprint density at radius 2 is 1.85 bits per heavy atom. The Morgan fingerprint density at radius 3 is 2.65 bits per heavy atom. The van der Waals surface area contributed by atoms with Crippen molar-refractivity contribution < 1.29 is 0 Å². The van der Waals surface area contributed by atoms with Gasteiger partial charge in [0.2, 0.25) is 0 Å². The summed E-state index contributed by atoms with van der Waals surface area (Å²) in [5.41, 5.74) is 4.27. The average molecular weight is 288 g/mol. The van der Waals surface area contributed by atoms with E-state index in [9.17, 15) is 0 Å². The van der Waals surface area contributed by atoms with E-state index < -0.39 is 0 Å². The number of anilines is 1. The van der Waals surface area contributed by atoms with Gasteiger partial charge in [0, 0.05) is 10.8 Å². The van der Waals surface area contributed by atoms with Gasteiger partial charge in [0.25, 0.3) is 0 Å². The van der Waals surface area contributed by atoms with Crippen molar-refractivity contribution in [1.82, 2.24) is 9.97 Å². The molecule has 0 spiro atoms. The van der Waals surface area contributed by atoms with Crippen molar-refractivity contribution in [2.75, 3.05) is 5.43 Å². The number of aromatic nitrogens is 2. The van der Waals surface area contributed by atoms with E-state index >= 15 is 0 Å². The van der Waals surface area contributed by atoms with Gasteiger partial charge in [-0.3, -0.25) is 0 Å². The molecule has 2 aliphatic rings. The number of rotatable bonds is 2. The zero-order valence-corrected chi connectivity index (χ0v) is 12.4. The molecule has 106 valence electrons. The predicted molar refractivity (Wildman–Crippen MR) is 83.1 cm³/mol. The van der Waals surface area contributed by atoms with Gasteiger partial charge in [-0.2, -0.15) is 0 Å². The zero-order chi connectivity index (χ0) is 13.5. The first kappa shape index (κ1) is 12.5. The molecule has 0 radical (unpaired) electrons. The molecule has 1 saturated carbocycles. The highest BCUT2D eigenvalue weighted by atomic mass is 32.1. The van der Waals surface area contributed by atoms with Gasteiger partial charge in [-0.1, -0.05) is 12.8 Å². The maximum absolute atomic E-state index is 5.74. The predicted octanol–water partition coefficient (Wildman–Crippen LogP) is 3.51. The molecule has 4 nitrogen and oxygen atoms in total. The molecule has 2 heterocycles. The standard InChI is InChI=1S/C15H20N4S/c16-19-14-12-10-7-3-4-8-11(10)20-15(12)18-13(17-14)9-5-1-2-6-9/h9H,1-8,16H2,(H,17,18,19). The second kappa shape index (κ2) is 4.97. The Balaban J connectivity index is 1.89. The molecular weight excluding hydrogens is 268 g/mol. The molecule has 0 amide bonds. The number of hydrogen-bond donors (Lipinski definition) is 2. The van der Waals surface area contributed by atoms with E-state index in [4.69, 9.17) is 15.8 Å². The number of hydrogen-bond acceptors (Lipinski definition) is 5. The van der Waals surface area contributed by atoms with E-state index in [0.717, 1.165) is 22.9 Å². The van der Waals surface area contributed by atoms with Crippen molar-refractivity contribution in [1.29, 1.82) is 0 Å². The van der Waals surface area contributed by atoms with Crippen molar-refractivity contribution >= 4 is 27.4 Å². The number of aryl methyl sites for hydroxylation is 2. The van der Waals surface area contributed by atoms with E-state index in [1.807, 2.05) is 11.3 Å². The van der Waals surface area contributed by atoms with Crippen LogP contribution in [0.25, 0.3) is 10.2 Å². The average Bonchev–Trinajstić information content (AvgIpc) is 3.13. The highest BCUT2D eigenvalue weighted by molar-refractivity contribution is 7.19. The minimum atomic E-state index is 0.533. The third-order valence-electron chi connectivity index (χ3n) is 4.69. The summed E-state index contributed by atoms with van der Waals surface area (Å²) in [4.78, 5) is 12.3. The lowest BCUT2D eigenvalue weighted by atomic mass is 9.97. The number of nitrogens with two attached hydrogens (primary N) is 1. The lowest BCUT2D eigenvalue weighted by molar-refractivity contribution is 0.673. The van der Waals surface area contributed by atoms with Gasteiger partial charge in [0.15, 0.2) is 5.82 Å². The van der Waals surface area contributed by atoms with Gasteiger partial charge >= 0.3 is 0 Å². The molecule has 2 aromatic rings. The zero-order valence-electron chi connectivity index (χ0n) is 11.6. The fraction of sp³-hybridized carbons (Fsp3) is 0.600. The van der Waals surface area contributed by atoms with E-state index in [1.165, 1.54) is 60.8 Å². The van der Waals surface area contributed by atoms with Crippen LogP contribution < -0.4 is 11.3 Å². The lowest BCUT2D eigenvalue weighted by Gasteiger charge is -2.13. The van der Waals surface area contributed by atoms with Crippen molar-refractivity contribution in [2.24, 2.45) is 5.84 Å². The quantitative estimate of drug-likeness (QED) is 0.655. The largest absolute Gasteiger partial charge is 0.308 e. The van der Waals surface area contributed by atoms with Crippen LogP contribution in [0.2, 0.25) is 0 Å². The molecule has 0 aliphatic heterocycles. The molecule has 3 N–H and O–H groups in total. The topological polar surface area (TPSA) is 63.8 Å². The normalized spacial score (nSPS) is 19.4. The van der Waals surface area contributed by atoms with Crippen LogP contribution in [0.3, 0.4) is 0 Å². The van der Waals surface area contributed by atoms with E-state index in [2.05, 4.69) is 5.43 Å². The second-order valence-electron chi connectivity index (χ2n) is 5.95. The summed E-state index contributed by atoms with van der Waals surface area (Å²) in [6.45, 7) is 0. The van der Waals surface area contributed by atoms with Crippen LogP contribution in [0.5, 0.6) is 0 Å². The minimum absolute atomic E-state index is 0.533. The Morgan fingerprint density at radius 1 is 1.05 bits per heavy atom. The Kier molecular flexibility index (Phi) is 3.11. The summed E-state index contributed by atoms with van der Waals surface area (Å²) < 4.78 is 0. The number of thiophene rings is 1. The molecule has 5 heteroatoms. The molecule has 4 rings (SSSR count). The number of nitrogens with zero attached hydrogens (tertiary/aromatic N) is 2. The Bertz CT molecular complexity index is 643. The Hall–Kier alpha value is -1.20. The van der Waals surface area contributed by atoms with Crippen molar-refractivity contribution in [3.05, 3.63) is 16.3 Å².